The van der Waals surface area contributed by atoms with Crippen molar-refractivity contribution in [1.82, 2.24) is 5.32 Å². The molecule has 2 N–H and O–H groups in total. The summed E-state index contributed by atoms with van der Waals surface area (Å²) in [6.07, 6.45) is 0. The van der Waals surface area contributed by atoms with Crippen LogP contribution < -0.4 is 10.6 Å². The Morgan fingerprint density at radius 1 is 1.21 bits per heavy atom. The summed E-state index contributed by atoms with van der Waals surface area (Å²) >= 11 is 1.85. The van der Waals surface area contributed by atoms with E-state index in [1.54, 1.807) is 0 Å². The molecule has 0 fully saturated rings. The lowest BCUT2D eigenvalue weighted by Gasteiger charge is -2.14. The highest BCUT2D eigenvalue weighted by Gasteiger charge is 2.13. The van der Waals surface area contributed by atoms with Gasteiger partial charge in [-0.3, -0.25) is 5.32 Å². The third-order valence-corrected chi connectivity index (χ3v) is 3.54. The van der Waals surface area contributed by atoms with Gasteiger partial charge in [-0.25, -0.2) is 0 Å². The van der Waals surface area contributed by atoms with Gasteiger partial charge in [-0.1, -0.05) is 18.2 Å². The number of benzene rings is 1. The maximum absolute atomic E-state index is 3.36. The Balaban J connectivity index is 0.000000750. The minimum atomic E-state index is 0. The number of halogens is 1. The minimum Gasteiger partial charge on any atom is -0.364 e. The topological polar surface area (TPSA) is 24.1 Å². The smallest absolute Gasteiger partial charge is 0.0950 e. The van der Waals surface area contributed by atoms with Crippen LogP contribution in [0.15, 0.2) is 24.3 Å². The highest BCUT2D eigenvalue weighted by Crippen LogP contribution is 2.36. The van der Waals surface area contributed by atoms with E-state index in [9.17, 15) is 0 Å². The fraction of sp³-hybridized carbons (Fsp3) is 0.200. The second-order valence-electron chi connectivity index (χ2n) is 3.19. The molecule has 0 radical (unpaired) electrons. The molecule has 0 amide bonds. The van der Waals surface area contributed by atoms with Crippen molar-refractivity contribution in [2.75, 3.05) is 12.0 Å². The van der Waals surface area contributed by atoms with Crippen LogP contribution in [0.2, 0.25) is 0 Å². The third-order valence-electron chi connectivity index (χ3n) is 2.37. The molecule has 0 saturated heterocycles. The summed E-state index contributed by atoms with van der Waals surface area (Å²) < 4.78 is 1.38. The van der Waals surface area contributed by atoms with Crippen molar-refractivity contribution in [1.29, 1.82) is 0 Å². The van der Waals surface area contributed by atoms with Gasteiger partial charge in [-0.15, -0.1) is 23.7 Å². The van der Waals surface area contributed by atoms with Crippen molar-refractivity contribution in [2.45, 2.75) is 6.54 Å². The Labute approximate surface area is 92.7 Å². The molecule has 1 aliphatic heterocycles. The van der Waals surface area contributed by atoms with Crippen LogP contribution >= 0.6 is 23.7 Å². The Morgan fingerprint density at radius 3 is 3.00 bits per heavy atom. The van der Waals surface area contributed by atoms with E-state index >= 15 is 0 Å². The summed E-state index contributed by atoms with van der Waals surface area (Å²) in [6, 6.07) is 8.57. The third kappa shape index (κ3) is 1.38. The van der Waals surface area contributed by atoms with Gasteiger partial charge in [0.25, 0.3) is 0 Å². The number of anilines is 1. The second-order valence-corrected chi connectivity index (χ2v) is 4.24. The number of hydrogen-bond acceptors (Lipinski definition) is 3. The van der Waals surface area contributed by atoms with Crippen molar-refractivity contribution in [2.24, 2.45) is 0 Å². The normalized spacial score (nSPS) is 14.3. The number of fused-ring (bicyclic) bond motifs is 3. The lowest BCUT2D eigenvalue weighted by Crippen LogP contribution is -2.26. The predicted octanol–water partition coefficient (Wildman–Crippen LogP) is 2.80. The van der Waals surface area contributed by atoms with Crippen LogP contribution in [0.25, 0.3) is 10.1 Å². The van der Waals surface area contributed by atoms with Crippen LogP contribution in [-0.4, -0.2) is 6.67 Å². The van der Waals surface area contributed by atoms with E-state index in [4.69, 9.17) is 0 Å². The van der Waals surface area contributed by atoms with Crippen molar-refractivity contribution >= 4 is 38.8 Å². The molecular formula is C10H11ClN2S. The molecule has 4 heteroatoms. The Bertz CT molecular complexity index is 452. The first kappa shape index (κ1) is 9.77. The maximum Gasteiger partial charge on any atom is 0.0950 e. The van der Waals surface area contributed by atoms with E-state index in [0.29, 0.717) is 0 Å². The quantitative estimate of drug-likeness (QED) is 0.722. The van der Waals surface area contributed by atoms with Crippen LogP contribution in [0.5, 0.6) is 0 Å². The molecule has 3 rings (SSSR count). The van der Waals surface area contributed by atoms with Crippen LogP contribution in [0.3, 0.4) is 0 Å². The van der Waals surface area contributed by atoms with E-state index in [0.717, 1.165) is 13.2 Å². The molecule has 0 saturated carbocycles. The number of hydrogen-bond donors (Lipinski definition) is 2. The summed E-state index contributed by atoms with van der Waals surface area (Å²) in [6.45, 7) is 1.88. The van der Waals surface area contributed by atoms with Gasteiger partial charge < -0.3 is 5.32 Å². The lowest BCUT2D eigenvalue weighted by atomic mass is 10.1. The predicted molar refractivity (Wildman–Crippen MR) is 64.4 cm³/mol. The molecule has 0 unspecified atom stereocenters. The first-order valence-corrected chi connectivity index (χ1v) is 5.22. The summed E-state index contributed by atoms with van der Waals surface area (Å²) in [5.74, 6) is 0. The van der Waals surface area contributed by atoms with Gasteiger partial charge in [0, 0.05) is 16.8 Å². The molecule has 0 spiro atoms. The molecule has 0 atom stereocenters. The summed E-state index contributed by atoms with van der Waals surface area (Å²) in [7, 11) is 0. The monoisotopic (exact) mass is 226 g/mol. The largest absolute Gasteiger partial charge is 0.364 e. The molecule has 1 aromatic heterocycles. The SMILES string of the molecule is Cl.c1ccc2c3c(sc2c1)NCNC3. The maximum atomic E-state index is 3.36. The van der Waals surface area contributed by atoms with Crippen LogP contribution in [0.1, 0.15) is 5.56 Å². The fourth-order valence-electron chi connectivity index (χ4n) is 1.75. The van der Waals surface area contributed by atoms with Crippen LogP contribution in [0, 0.1) is 0 Å². The molecule has 1 aliphatic rings. The molecule has 2 nitrogen and oxygen atoms in total. The van der Waals surface area contributed by atoms with Gasteiger partial charge in [-0.05, 0) is 11.5 Å². The van der Waals surface area contributed by atoms with E-state index < -0.39 is 0 Å². The Morgan fingerprint density at radius 2 is 2.07 bits per heavy atom. The standard InChI is InChI=1S/C10H10N2S.ClH/c1-2-4-9-7(3-1)8-5-11-6-12-10(8)13-9;/h1-4,11-12H,5-6H2;1H. The van der Waals surface area contributed by atoms with Crippen molar-refractivity contribution in [3.05, 3.63) is 29.8 Å². The van der Waals surface area contributed by atoms with E-state index in [-0.39, 0.29) is 12.4 Å². The molecule has 0 bridgehead atoms. The number of thiophene rings is 1. The first-order valence-electron chi connectivity index (χ1n) is 4.40. The van der Waals surface area contributed by atoms with Crippen LogP contribution in [-0.2, 0) is 6.54 Å². The number of rotatable bonds is 0. The van der Waals surface area contributed by atoms with Gasteiger partial charge in [0.05, 0.1) is 11.7 Å². The minimum absolute atomic E-state index is 0. The lowest BCUT2D eigenvalue weighted by molar-refractivity contribution is 0.718. The zero-order valence-corrected chi connectivity index (χ0v) is 9.17. The molecular weight excluding hydrogens is 216 g/mol. The highest BCUT2D eigenvalue weighted by atomic mass is 35.5. The van der Waals surface area contributed by atoms with Crippen molar-refractivity contribution in [3.8, 4) is 0 Å². The van der Waals surface area contributed by atoms with Gasteiger partial charge >= 0.3 is 0 Å². The average molecular weight is 227 g/mol. The molecule has 14 heavy (non-hydrogen) atoms. The Hall–Kier alpha value is -0.770. The van der Waals surface area contributed by atoms with E-state index in [1.807, 2.05) is 11.3 Å². The zero-order valence-electron chi connectivity index (χ0n) is 7.54. The number of nitrogens with one attached hydrogen (secondary N) is 2. The molecule has 74 valence electrons. The summed E-state index contributed by atoms with van der Waals surface area (Å²) in [4.78, 5) is 0. The highest BCUT2D eigenvalue weighted by molar-refractivity contribution is 7.23. The average Bonchev–Trinajstić information content (AvgIpc) is 2.56. The van der Waals surface area contributed by atoms with Gasteiger partial charge in [-0.2, -0.15) is 0 Å². The van der Waals surface area contributed by atoms with Gasteiger partial charge in [0.1, 0.15) is 0 Å². The molecule has 0 aliphatic carbocycles. The van der Waals surface area contributed by atoms with E-state index in [1.165, 1.54) is 20.7 Å². The zero-order chi connectivity index (χ0) is 8.67. The fourth-order valence-corrected chi connectivity index (χ4v) is 2.86. The molecule has 1 aromatic carbocycles. The van der Waals surface area contributed by atoms with Crippen molar-refractivity contribution < 1.29 is 0 Å². The first-order chi connectivity index (χ1) is 6.45. The van der Waals surface area contributed by atoms with Gasteiger partial charge in [0.15, 0.2) is 0 Å². The van der Waals surface area contributed by atoms with Gasteiger partial charge in [0.2, 0.25) is 0 Å². The second kappa shape index (κ2) is 3.77. The van der Waals surface area contributed by atoms with Crippen LogP contribution in [0.4, 0.5) is 5.00 Å². The summed E-state index contributed by atoms with van der Waals surface area (Å²) in [5, 5.41) is 9.40. The molecule has 2 heterocycles. The summed E-state index contributed by atoms with van der Waals surface area (Å²) in [5.41, 5.74) is 1.42. The molecule has 2 aromatic rings. The van der Waals surface area contributed by atoms with Crippen molar-refractivity contribution in [3.63, 3.8) is 0 Å². The van der Waals surface area contributed by atoms with E-state index in [2.05, 4.69) is 34.9 Å². The Kier molecular flexibility index (Phi) is 2.63.